The maximum Gasteiger partial charge on any atom is 0.407 e. The number of aromatic nitrogens is 4. The van der Waals surface area contributed by atoms with Gasteiger partial charge in [0, 0.05) is 43.2 Å². The Balaban J connectivity index is 0.000000241. The van der Waals surface area contributed by atoms with Gasteiger partial charge in [-0.2, -0.15) is 0 Å². The molecule has 72 heavy (non-hydrogen) atoms. The highest BCUT2D eigenvalue weighted by Gasteiger charge is 2.41. The molecular formula is C57H71ClF2N8O4. The Morgan fingerprint density at radius 3 is 1.68 bits per heavy atom. The van der Waals surface area contributed by atoms with E-state index in [1.165, 1.54) is 4.90 Å². The minimum Gasteiger partial charge on any atom is -0.444 e. The topological polar surface area (TPSA) is 127 Å². The summed E-state index contributed by atoms with van der Waals surface area (Å²) in [5, 5.41) is 5.39. The van der Waals surface area contributed by atoms with Crippen LogP contribution in [-0.4, -0.2) is 103 Å². The predicted molar refractivity (Wildman–Crippen MR) is 282 cm³/mol. The van der Waals surface area contributed by atoms with Crippen molar-refractivity contribution >= 4 is 29.5 Å². The van der Waals surface area contributed by atoms with E-state index in [2.05, 4.69) is 48.1 Å². The van der Waals surface area contributed by atoms with Crippen LogP contribution in [0.5, 0.6) is 0 Å². The Morgan fingerprint density at radius 2 is 1.22 bits per heavy atom. The van der Waals surface area contributed by atoms with Crippen LogP contribution >= 0.6 is 11.6 Å². The number of nitrogens with one attached hydrogen (secondary N) is 2. The second-order valence-corrected chi connectivity index (χ2v) is 21.7. The van der Waals surface area contributed by atoms with Crippen molar-refractivity contribution in [3.63, 3.8) is 0 Å². The van der Waals surface area contributed by atoms with Gasteiger partial charge in [-0.25, -0.2) is 23.5 Å². The minimum atomic E-state index is -1.56. The van der Waals surface area contributed by atoms with Crippen LogP contribution in [0.3, 0.4) is 0 Å². The molecule has 4 atom stereocenters. The van der Waals surface area contributed by atoms with Gasteiger partial charge in [-0.05, 0) is 42.7 Å². The van der Waals surface area contributed by atoms with Gasteiger partial charge >= 0.3 is 6.09 Å². The molecule has 3 heterocycles. The predicted octanol–water partition coefficient (Wildman–Crippen LogP) is 11.1. The van der Waals surface area contributed by atoms with Gasteiger partial charge in [0.25, 0.3) is 0 Å². The number of carbonyl (C=O) groups excluding carboxylic acids is 3. The van der Waals surface area contributed by atoms with Crippen LogP contribution in [0, 0.1) is 10.8 Å². The highest BCUT2D eigenvalue weighted by molar-refractivity contribution is 6.27. The van der Waals surface area contributed by atoms with Crippen molar-refractivity contribution in [1.29, 1.82) is 0 Å². The van der Waals surface area contributed by atoms with Gasteiger partial charge in [-0.1, -0.05) is 163 Å². The molecule has 0 spiro atoms. The lowest BCUT2D eigenvalue weighted by atomic mass is 9.84. The van der Waals surface area contributed by atoms with Gasteiger partial charge in [0.2, 0.25) is 11.8 Å². The molecule has 1 saturated heterocycles. The van der Waals surface area contributed by atoms with Crippen LogP contribution in [0.2, 0.25) is 0 Å². The normalized spacial score (nSPS) is 15.6. The highest BCUT2D eigenvalue weighted by atomic mass is 35.5. The number of halogens is 3. The van der Waals surface area contributed by atoms with Crippen molar-refractivity contribution in [3.05, 3.63) is 156 Å². The van der Waals surface area contributed by atoms with Crippen molar-refractivity contribution in [2.45, 2.75) is 105 Å². The maximum absolute atomic E-state index is 15.4. The fraction of sp³-hybridized carbons (Fsp3) is 0.421. The molecule has 1 aliphatic rings. The smallest absolute Gasteiger partial charge is 0.407 e. The third-order valence-electron chi connectivity index (χ3n) is 12.0. The SMILES string of the molecule is CC(C)(C)OC(=O)NC[C@@H](F)CN(C(=O)CCl)[C@@H](c1nc(-c2ccccc2)cn1Cc1ccccc1)C(C)(C)C.CC(C)(C)[C@H](c1nc(-c2ccccc2)cn1Cc1ccccc1)N1C[C@H](F)CNCC1=O. The largest absolute Gasteiger partial charge is 0.444 e. The quantitative estimate of drug-likeness (QED) is 0.0981. The van der Waals surface area contributed by atoms with E-state index in [1.807, 2.05) is 147 Å². The van der Waals surface area contributed by atoms with E-state index in [1.54, 1.807) is 25.7 Å². The van der Waals surface area contributed by atoms with Gasteiger partial charge in [-0.15, -0.1) is 11.6 Å². The van der Waals surface area contributed by atoms with Crippen LogP contribution in [0.25, 0.3) is 22.5 Å². The molecule has 12 nitrogen and oxygen atoms in total. The van der Waals surface area contributed by atoms with Gasteiger partial charge in [0.15, 0.2) is 0 Å². The summed E-state index contributed by atoms with van der Waals surface area (Å²) in [4.78, 5) is 51.6. The lowest BCUT2D eigenvalue weighted by Crippen LogP contribution is -2.48. The highest BCUT2D eigenvalue weighted by Crippen LogP contribution is 2.41. The lowest BCUT2D eigenvalue weighted by Gasteiger charge is -2.40. The zero-order valence-corrected chi connectivity index (χ0v) is 43.9. The van der Waals surface area contributed by atoms with E-state index < -0.39 is 41.4 Å². The Bertz CT molecular complexity index is 2660. The number of alkyl carbamates (subject to hydrolysis) is 1. The first-order valence-electron chi connectivity index (χ1n) is 24.5. The molecule has 0 radical (unpaired) electrons. The molecule has 4 aromatic carbocycles. The van der Waals surface area contributed by atoms with E-state index in [0.29, 0.717) is 18.9 Å². The number of ether oxygens (including phenoxy) is 1. The summed E-state index contributed by atoms with van der Waals surface area (Å²) in [5.74, 6) is 0.574. The zero-order chi connectivity index (χ0) is 52.2. The molecule has 3 amide bonds. The summed E-state index contributed by atoms with van der Waals surface area (Å²) in [6.07, 6.45) is 0.623. The monoisotopic (exact) mass is 1000 g/mol. The molecule has 0 bridgehead atoms. The van der Waals surface area contributed by atoms with Gasteiger partial charge < -0.3 is 34.3 Å². The molecule has 2 aromatic heterocycles. The summed E-state index contributed by atoms with van der Waals surface area (Å²) in [5.41, 5.74) is 4.18. The molecule has 384 valence electrons. The molecule has 1 aliphatic heterocycles. The fourth-order valence-corrected chi connectivity index (χ4v) is 9.03. The first-order chi connectivity index (χ1) is 34.1. The van der Waals surface area contributed by atoms with Crippen molar-refractivity contribution in [2.24, 2.45) is 10.8 Å². The number of rotatable bonds is 15. The minimum absolute atomic E-state index is 0.0621. The molecule has 0 unspecified atom stereocenters. The molecule has 7 rings (SSSR count). The average Bonchev–Trinajstić information content (AvgIpc) is 3.89. The van der Waals surface area contributed by atoms with Gasteiger partial charge in [-0.3, -0.25) is 9.59 Å². The van der Waals surface area contributed by atoms with Crippen LogP contribution in [0.1, 0.15) is 97.2 Å². The van der Waals surface area contributed by atoms with Crippen molar-refractivity contribution in [1.82, 2.24) is 39.5 Å². The fourth-order valence-electron chi connectivity index (χ4n) is 8.88. The summed E-state index contributed by atoms with van der Waals surface area (Å²) >= 11 is 6.05. The molecule has 15 heteroatoms. The van der Waals surface area contributed by atoms with E-state index in [-0.39, 0.29) is 56.0 Å². The van der Waals surface area contributed by atoms with Gasteiger partial charge in [0.05, 0.1) is 49.7 Å². The molecule has 1 fully saturated rings. The van der Waals surface area contributed by atoms with E-state index in [9.17, 15) is 18.8 Å². The Labute approximate surface area is 429 Å². The summed E-state index contributed by atoms with van der Waals surface area (Å²) in [6, 6.07) is 39.0. The summed E-state index contributed by atoms with van der Waals surface area (Å²) in [6.45, 7) is 18.4. The molecule has 0 aliphatic carbocycles. The van der Waals surface area contributed by atoms with E-state index in [4.69, 9.17) is 26.3 Å². The number of nitrogens with zero attached hydrogens (tertiary/aromatic N) is 6. The Hall–Kier alpha value is -6.38. The standard InChI is InChI=1S/C31H40ClFN4O3.C26H31FN4O/c1-30(2,3)27(37(26(38)17-32)20-24(33)18-34-29(39)40-31(4,5)6)28-35-25(23-15-11-8-12-16-23)21-36(28)19-22-13-9-7-10-14-22;1-26(2,3)24(31-17-21(27)14-28-15-23(31)32)25-29-22(20-12-8-5-9-13-20)18-30(25)16-19-10-6-4-7-11-19/h7-16,21,24,27H,17-20H2,1-6H3,(H,34,39);4-13,18,21,24,28H,14-17H2,1-3H3/t24-,27+;21-,24+/m11/s1. The first kappa shape index (κ1) is 54.9. The maximum atomic E-state index is 15.4. The second-order valence-electron chi connectivity index (χ2n) is 21.4. The van der Waals surface area contributed by atoms with Crippen LogP contribution in [-0.2, 0) is 27.4 Å². The number of carbonyl (C=O) groups is 3. The first-order valence-corrected chi connectivity index (χ1v) is 25.1. The van der Waals surface area contributed by atoms with E-state index >= 15 is 4.39 Å². The van der Waals surface area contributed by atoms with Crippen LogP contribution in [0.15, 0.2) is 134 Å². The lowest BCUT2D eigenvalue weighted by molar-refractivity contribution is -0.136. The third-order valence-corrected chi connectivity index (χ3v) is 12.2. The van der Waals surface area contributed by atoms with Crippen LogP contribution < -0.4 is 10.6 Å². The number of hydrogen-bond donors (Lipinski definition) is 2. The van der Waals surface area contributed by atoms with Crippen molar-refractivity contribution in [3.8, 4) is 22.5 Å². The number of imidazole rings is 2. The van der Waals surface area contributed by atoms with Gasteiger partial charge in [0.1, 0.15) is 35.5 Å². The Kier molecular flexibility index (Phi) is 18.6. The molecule has 0 saturated carbocycles. The second kappa shape index (κ2) is 24.4. The molecule has 2 N–H and O–H groups in total. The third kappa shape index (κ3) is 15.3. The van der Waals surface area contributed by atoms with Crippen molar-refractivity contribution in [2.75, 3.05) is 38.6 Å². The summed E-state index contributed by atoms with van der Waals surface area (Å²) < 4.78 is 39.3. The molecule has 6 aromatic rings. The number of alkyl halides is 3. The van der Waals surface area contributed by atoms with Crippen molar-refractivity contribution < 1.29 is 27.9 Å². The van der Waals surface area contributed by atoms with E-state index in [0.717, 1.165) is 39.5 Å². The van der Waals surface area contributed by atoms with Crippen LogP contribution in [0.4, 0.5) is 13.6 Å². The zero-order valence-electron chi connectivity index (χ0n) is 43.1. The average molecular weight is 1010 g/mol. The molecular weight excluding hydrogens is 934 g/mol. The summed E-state index contributed by atoms with van der Waals surface area (Å²) in [7, 11) is 0. The Morgan fingerprint density at radius 1 is 0.750 bits per heavy atom. The number of hydrogen-bond acceptors (Lipinski definition) is 7. The number of benzene rings is 4. The number of amides is 3.